The van der Waals surface area contributed by atoms with Crippen LogP contribution in [0.3, 0.4) is 0 Å². The fraction of sp³-hybridized carbons (Fsp3) is 0.316. The lowest BCUT2D eigenvalue weighted by Gasteiger charge is -2.25. The summed E-state index contributed by atoms with van der Waals surface area (Å²) in [5.41, 5.74) is 0.904. The van der Waals surface area contributed by atoms with E-state index in [1.807, 2.05) is 25.1 Å². The van der Waals surface area contributed by atoms with Gasteiger partial charge in [0.25, 0.3) is 0 Å². The molecule has 0 radical (unpaired) electrons. The Hall–Kier alpha value is -2.21. The van der Waals surface area contributed by atoms with E-state index < -0.39 is 0 Å². The van der Waals surface area contributed by atoms with Gasteiger partial charge >= 0.3 is 0 Å². The second-order valence-corrected chi connectivity index (χ2v) is 6.88. The van der Waals surface area contributed by atoms with Crippen LogP contribution in [-0.2, 0) is 4.79 Å². The van der Waals surface area contributed by atoms with Gasteiger partial charge in [-0.3, -0.25) is 4.79 Å². The van der Waals surface area contributed by atoms with E-state index >= 15 is 0 Å². The highest BCUT2D eigenvalue weighted by Gasteiger charge is 2.18. The molecule has 132 valence electrons. The lowest BCUT2D eigenvalue weighted by molar-refractivity contribution is -0.128. The minimum Gasteiger partial charge on any atom is -0.486 e. The molecule has 1 aliphatic heterocycles. The number of amides is 1. The first kappa shape index (κ1) is 17.6. The molecule has 2 aromatic carbocycles. The van der Waals surface area contributed by atoms with Crippen molar-refractivity contribution in [3.63, 3.8) is 0 Å². The number of ether oxygens (including phenoxy) is 2. The highest BCUT2D eigenvalue weighted by atomic mass is 32.2. The summed E-state index contributed by atoms with van der Waals surface area (Å²) < 4.78 is 24.1. The third-order valence-electron chi connectivity index (χ3n) is 4.20. The van der Waals surface area contributed by atoms with Gasteiger partial charge in [0.1, 0.15) is 19.0 Å². The van der Waals surface area contributed by atoms with Gasteiger partial charge < -0.3 is 14.4 Å². The third-order valence-corrected chi connectivity index (χ3v) is 5.18. The smallest absolute Gasteiger partial charge is 0.233 e. The van der Waals surface area contributed by atoms with Crippen LogP contribution in [0.25, 0.3) is 0 Å². The van der Waals surface area contributed by atoms with Crippen molar-refractivity contribution in [1.82, 2.24) is 4.90 Å². The van der Waals surface area contributed by atoms with E-state index in [0.717, 1.165) is 22.0 Å². The van der Waals surface area contributed by atoms with Crippen molar-refractivity contribution >= 4 is 17.7 Å². The van der Waals surface area contributed by atoms with E-state index in [1.165, 1.54) is 23.9 Å². The number of rotatable bonds is 5. The van der Waals surface area contributed by atoms with Crippen molar-refractivity contribution in [1.29, 1.82) is 0 Å². The van der Waals surface area contributed by atoms with E-state index in [-0.39, 0.29) is 17.8 Å². The first-order chi connectivity index (χ1) is 12.0. The molecule has 0 saturated heterocycles. The van der Waals surface area contributed by atoms with Crippen LogP contribution >= 0.6 is 11.8 Å². The van der Waals surface area contributed by atoms with E-state index in [4.69, 9.17) is 9.47 Å². The average Bonchev–Trinajstić information content (AvgIpc) is 2.65. The quantitative estimate of drug-likeness (QED) is 0.757. The van der Waals surface area contributed by atoms with Crippen LogP contribution in [0.2, 0.25) is 0 Å². The third kappa shape index (κ3) is 4.25. The molecule has 0 aromatic heterocycles. The molecular formula is C19H20FNO3S. The SMILES string of the molecule is CC(c1ccc(F)cc1)N(C)C(=O)CSc1ccc2c(c1)OCCO2. The zero-order chi connectivity index (χ0) is 17.8. The zero-order valence-electron chi connectivity index (χ0n) is 14.2. The van der Waals surface area contributed by atoms with Crippen LogP contribution in [0.4, 0.5) is 4.39 Å². The second-order valence-electron chi connectivity index (χ2n) is 5.83. The topological polar surface area (TPSA) is 38.8 Å². The van der Waals surface area contributed by atoms with Gasteiger partial charge in [0.15, 0.2) is 11.5 Å². The van der Waals surface area contributed by atoms with Gasteiger partial charge in [-0.15, -0.1) is 11.8 Å². The van der Waals surface area contributed by atoms with Crippen molar-refractivity contribution in [3.05, 3.63) is 53.8 Å². The molecule has 0 N–H and O–H groups in total. The Labute approximate surface area is 150 Å². The summed E-state index contributed by atoms with van der Waals surface area (Å²) in [5.74, 6) is 1.51. The summed E-state index contributed by atoms with van der Waals surface area (Å²) >= 11 is 1.46. The van der Waals surface area contributed by atoms with E-state index in [1.54, 1.807) is 24.1 Å². The van der Waals surface area contributed by atoms with Gasteiger partial charge in [-0.1, -0.05) is 12.1 Å². The molecular weight excluding hydrogens is 341 g/mol. The Bertz CT molecular complexity index is 751. The zero-order valence-corrected chi connectivity index (χ0v) is 15.0. The van der Waals surface area contributed by atoms with Crippen LogP contribution in [0, 0.1) is 5.82 Å². The molecule has 4 nitrogen and oxygen atoms in total. The van der Waals surface area contributed by atoms with E-state index in [2.05, 4.69) is 0 Å². The molecule has 1 amide bonds. The number of hydrogen-bond donors (Lipinski definition) is 0. The van der Waals surface area contributed by atoms with E-state index in [0.29, 0.717) is 19.0 Å². The van der Waals surface area contributed by atoms with E-state index in [9.17, 15) is 9.18 Å². The standard InChI is InChI=1S/C19H20FNO3S/c1-13(14-3-5-15(20)6-4-14)21(2)19(22)12-25-16-7-8-17-18(11-16)24-10-9-23-17/h3-8,11,13H,9-10,12H2,1-2H3. The number of halogens is 1. The molecule has 0 spiro atoms. The fourth-order valence-electron chi connectivity index (χ4n) is 2.54. The Morgan fingerprint density at radius 3 is 2.56 bits per heavy atom. The minimum atomic E-state index is -0.279. The Morgan fingerprint density at radius 1 is 1.16 bits per heavy atom. The molecule has 25 heavy (non-hydrogen) atoms. The molecule has 0 aliphatic carbocycles. The number of carbonyl (C=O) groups excluding carboxylic acids is 1. The molecule has 1 unspecified atom stereocenters. The van der Waals surface area contributed by atoms with Gasteiger partial charge in [0, 0.05) is 11.9 Å². The van der Waals surface area contributed by atoms with Crippen molar-refractivity contribution in [2.24, 2.45) is 0 Å². The summed E-state index contributed by atoms with van der Waals surface area (Å²) in [7, 11) is 1.76. The Balaban J connectivity index is 1.59. The number of thioether (sulfide) groups is 1. The van der Waals surface area contributed by atoms with Crippen molar-refractivity contribution in [2.45, 2.75) is 17.9 Å². The first-order valence-corrected chi connectivity index (χ1v) is 9.07. The molecule has 1 aliphatic rings. The number of nitrogens with zero attached hydrogens (tertiary/aromatic N) is 1. The first-order valence-electron chi connectivity index (χ1n) is 8.08. The highest BCUT2D eigenvalue weighted by molar-refractivity contribution is 8.00. The molecule has 0 fully saturated rings. The van der Waals surface area contributed by atoms with Crippen molar-refractivity contribution < 1.29 is 18.7 Å². The normalized spacial score (nSPS) is 14.0. The van der Waals surface area contributed by atoms with Crippen LogP contribution < -0.4 is 9.47 Å². The van der Waals surface area contributed by atoms with Crippen LogP contribution in [0.1, 0.15) is 18.5 Å². The molecule has 3 rings (SSSR count). The highest BCUT2D eigenvalue weighted by Crippen LogP contribution is 2.34. The molecule has 0 bridgehead atoms. The summed E-state index contributed by atoms with van der Waals surface area (Å²) in [4.78, 5) is 15.1. The predicted octanol–water partition coefficient (Wildman–Crippen LogP) is 3.91. The maximum absolute atomic E-state index is 13.0. The number of carbonyl (C=O) groups is 1. The summed E-state index contributed by atoms with van der Waals surface area (Å²) in [6.45, 7) is 3.03. The Morgan fingerprint density at radius 2 is 1.84 bits per heavy atom. The van der Waals surface area contributed by atoms with Crippen molar-refractivity contribution in [2.75, 3.05) is 26.0 Å². The van der Waals surface area contributed by atoms with Crippen LogP contribution in [0.15, 0.2) is 47.4 Å². The van der Waals surface area contributed by atoms with Crippen LogP contribution in [0.5, 0.6) is 11.5 Å². The van der Waals surface area contributed by atoms with Gasteiger partial charge in [-0.05, 0) is 42.8 Å². The largest absolute Gasteiger partial charge is 0.486 e. The van der Waals surface area contributed by atoms with Gasteiger partial charge in [-0.2, -0.15) is 0 Å². The van der Waals surface area contributed by atoms with Gasteiger partial charge in [0.2, 0.25) is 5.91 Å². The number of fused-ring (bicyclic) bond motifs is 1. The van der Waals surface area contributed by atoms with Gasteiger partial charge in [-0.25, -0.2) is 4.39 Å². The van der Waals surface area contributed by atoms with Crippen LogP contribution in [-0.4, -0.2) is 36.8 Å². The lowest BCUT2D eigenvalue weighted by Crippen LogP contribution is -2.31. The average molecular weight is 361 g/mol. The molecule has 0 saturated carbocycles. The lowest BCUT2D eigenvalue weighted by atomic mass is 10.1. The van der Waals surface area contributed by atoms with Gasteiger partial charge in [0.05, 0.1) is 11.8 Å². The summed E-state index contributed by atoms with van der Waals surface area (Å²) in [6, 6.07) is 11.8. The monoisotopic (exact) mass is 361 g/mol. The predicted molar refractivity (Wildman–Crippen MR) is 95.7 cm³/mol. The Kier molecular flexibility index (Phi) is 5.48. The van der Waals surface area contributed by atoms with Crippen molar-refractivity contribution in [3.8, 4) is 11.5 Å². The second kappa shape index (κ2) is 7.78. The minimum absolute atomic E-state index is 0.0108. The maximum atomic E-state index is 13.0. The molecule has 6 heteroatoms. The molecule has 1 heterocycles. The summed E-state index contributed by atoms with van der Waals surface area (Å²) in [6.07, 6.45) is 0. The number of hydrogen-bond acceptors (Lipinski definition) is 4. The molecule has 2 aromatic rings. The maximum Gasteiger partial charge on any atom is 0.233 e. The molecule has 1 atom stereocenters. The number of benzene rings is 2. The fourth-order valence-corrected chi connectivity index (χ4v) is 3.39. The summed E-state index contributed by atoms with van der Waals surface area (Å²) in [5, 5.41) is 0.